The zero-order valence-corrected chi connectivity index (χ0v) is 35.2. The van der Waals surface area contributed by atoms with Crippen molar-refractivity contribution in [2.24, 2.45) is 0 Å². The van der Waals surface area contributed by atoms with Gasteiger partial charge in [0.25, 0.3) is 23.5 Å². The summed E-state index contributed by atoms with van der Waals surface area (Å²) in [5.41, 5.74) is 1.28. The second-order valence-corrected chi connectivity index (χ2v) is 20.4. The fraction of sp³-hybridized carbons (Fsp3) is 0.154. The maximum absolute atomic E-state index is 13.5. The summed E-state index contributed by atoms with van der Waals surface area (Å²) >= 11 is 0. The molecule has 62 heavy (non-hydrogen) atoms. The number of ether oxygens (including phenoxy) is 2. The Morgan fingerprint density at radius 3 is 2.15 bits per heavy atom. The lowest BCUT2D eigenvalue weighted by Gasteiger charge is -2.35. The molecule has 0 bridgehead atoms. The molecule has 0 spiro atoms. The summed E-state index contributed by atoms with van der Waals surface area (Å²) in [6, 6.07) is 33.2. The van der Waals surface area contributed by atoms with Gasteiger partial charge in [0.05, 0.1) is 30.2 Å². The molecule has 19 nitrogen and oxygen atoms in total. The minimum Gasteiger partial charge on any atom is -0.756 e. The first-order chi connectivity index (χ1) is 29.7. The van der Waals surface area contributed by atoms with Crippen molar-refractivity contribution in [3.05, 3.63) is 128 Å². The van der Waals surface area contributed by atoms with E-state index in [1.54, 1.807) is 48.5 Å². The maximum atomic E-state index is 13.5. The molecule has 8 aromatic rings. The van der Waals surface area contributed by atoms with Gasteiger partial charge >= 0.3 is 0 Å². The Hall–Kier alpha value is -5.17. The lowest BCUT2D eigenvalue weighted by Crippen LogP contribution is -2.36. The van der Waals surface area contributed by atoms with Crippen LogP contribution in [0.25, 0.3) is 43.5 Å². The molecular weight excluding hydrogens is 887 g/mol. The molecule has 6 aromatic carbocycles. The number of anilines is 2. The predicted octanol–water partition coefficient (Wildman–Crippen LogP) is 5.76. The Morgan fingerprint density at radius 2 is 1.40 bits per heavy atom. The van der Waals surface area contributed by atoms with Crippen molar-refractivity contribution in [1.29, 1.82) is 0 Å². The molecule has 6 atom stereocenters. The summed E-state index contributed by atoms with van der Waals surface area (Å²) in [5.74, 6) is -0.328. The summed E-state index contributed by atoms with van der Waals surface area (Å²) in [7, 11) is -22.6. The highest BCUT2D eigenvalue weighted by Crippen LogP contribution is 2.63. The van der Waals surface area contributed by atoms with Crippen LogP contribution in [0.3, 0.4) is 0 Å². The van der Waals surface area contributed by atoms with Crippen molar-refractivity contribution >= 4 is 88.3 Å². The van der Waals surface area contributed by atoms with Crippen LogP contribution in [0.5, 0.6) is 5.75 Å². The molecule has 0 saturated carbocycles. The van der Waals surface area contributed by atoms with E-state index in [0.717, 1.165) is 21.5 Å². The normalized spacial score (nSPS) is 20.0. The third kappa shape index (κ3) is 8.74. The van der Waals surface area contributed by atoms with E-state index in [-0.39, 0.29) is 16.3 Å². The van der Waals surface area contributed by atoms with Crippen molar-refractivity contribution in [3.8, 4) is 5.75 Å². The summed E-state index contributed by atoms with van der Waals surface area (Å²) < 4.78 is 96.8. The quantitative estimate of drug-likeness (QED) is 0.0892. The fourth-order valence-corrected chi connectivity index (χ4v) is 12.2. The summed E-state index contributed by atoms with van der Waals surface area (Å²) in [6.07, 6.45) is -1.46. The molecule has 1 N–H and O–H groups in total. The molecule has 1 fully saturated rings. The molecule has 4 unspecified atom stereocenters. The van der Waals surface area contributed by atoms with Gasteiger partial charge in [0.2, 0.25) is 0 Å². The zero-order valence-electron chi connectivity index (χ0n) is 31.7. The van der Waals surface area contributed by atoms with Crippen LogP contribution in [0.1, 0.15) is 6.23 Å². The van der Waals surface area contributed by atoms with Crippen molar-refractivity contribution in [3.63, 3.8) is 0 Å². The van der Waals surface area contributed by atoms with Gasteiger partial charge < -0.3 is 38.5 Å². The highest BCUT2D eigenvalue weighted by atomic mass is 32.2. The fourth-order valence-electron chi connectivity index (χ4n) is 7.29. The van der Waals surface area contributed by atoms with E-state index in [9.17, 15) is 36.8 Å². The molecule has 3 heterocycles. The monoisotopic (exact) mass is 918 g/mol. The van der Waals surface area contributed by atoms with Gasteiger partial charge in [-0.3, -0.25) is 18.3 Å². The van der Waals surface area contributed by atoms with Crippen molar-refractivity contribution in [2.45, 2.75) is 23.3 Å². The molecule has 1 saturated heterocycles. The molecule has 320 valence electrons. The Balaban J connectivity index is 0.876. The number of phosphoric ester groups is 2. The topological polar surface area (TPSA) is 266 Å². The highest BCUT2D eigenvalue weighted by molar-refractivity contribution is 7.91. The number of imidazole rings is 1. The maximum Gasteiger partial charge on any atom is 0.280 e. The number of benzene rings is 6. The van der Waals surface area contributed by atoms with Gasteiger partial charge in [0, 0.05) is 11.1 Å². The number of para-hydroxylation sites is 2. The Bertz CT molecular complexity index is 3190. The highest BCUT2D eigenvalue weighted by Gasteiger charge is 2.45. The van der Waals surface area contributed by atoms with E-state index in [4.69, 9.17) is 14.0 Å². The molecule has 0 radical (unpaired) electrons. The minimum absolute atomic E-state index is 0.109. The molecule has 0 aliphatic carbocycles. The van der Waals surface area contributed by atoms with E-state index in [1.807, 2.05) is 60.7 Å². The van der Waals surface area contributed by atoms with E-state index in [2.05, 4.69) is 33.4 Å². The average Bonchev–Trinajstić information content (AvgIpc) is 3.83. The number of phosphoric acid groups is 3. The summed E-state index contributed by atoms with van der Waals surface area (Å²) in [4.78, 5) is 51.4. The van der Waals surface area contributed by atoms with Crippen LogP contribution in [-0.4, -0.2) is 59.1 Å². The van der Waals surface area contributed by atoms with Gasteiger partial charge in [-0.15, -0.1) is 0 Å². The third-order valence-corrected chi connectivity index (χ3v) is 15.8. The van der Waals surface area contributed by atoms with Crippen LogP contribution < -0.4 is 24.7 Å². The zero-order chi connectivity index (χ0) is 43.3. The van der Waals surface area contributed by atoms with Gasteiger partial charge in [-0.2, -0.15) is 0 Å². The van der Waals surface area contributed by atoms with E-state index < -0.39 is 70.7 Å². The summed E-state index contributed by atoms with van der Waals surface area (Å²) in [5, 5.41) is 7.67. The van der Waals surface area contributed by atoms with Crippen molar-refractivity contribution in [1.82, 2.24) is 19.5 Å². The number of nitrogens with zero attached hydrogens (tertiary/aromatic N) is 4. The third-order valence-electron chi connectivity index (χ3n) is 9.85. The molecule has 9 rings (SSSR count). The van der Waals surface area contributed by atoms with E-state index in [0.29, 0.717) is 27.8 Å². The summed E-state index contributed by atoms with van der Waals surface area (Å²) in [6.45, 7) is -1.60. The van der Waals surface area contributed by atoms with E-state index >= 15 is 0 Å². The smallest absolute Gasteiger partial charge is 0.280 e. The van der Waals surface area contributed by atoms with Crippen molar-refractivity contribution in [2.75, 3.05) is 24.3 Å². The number of hydrogen-bond donors (Lipinski definition) is 1. The van der Waals surface area contributed by atoms with Crippen molar-refractivity contribution < 1.29 is 63.9 Å². The Morgan fingerprint density at radius 1 is 0.742 bits per heavy atom. The first-order valence-corrected chi connectivity index (χ1v) is 24.6. The molecule has 0 amide bonds. The number of fused-ring (bicyclic) bond motifs is 1. The minimum atomic E-state index is -6.34. The number of aromatic nitrogens is 4. The van der Waals surface area contributed by atoms with Gasteiger partial charge in [0.1, 0.15) is 18.2 Å². The standard InChI is InChI=1S/C39H34N5O14P3S/c45-59(46,54-20-21-62(51,52)32-19-17-27-15-14-25-8-7-9-26-16-18-30(32)34(27)33(25)26)57-61(49,50)58-60(47,48)56-31-22-53-39(36(31)55-29-12-5-2-6-13-29)44-24-42-35-37(40-23-41-38(35)44)43-28-10-3-1-4-11-28/h1-19,23-24,31,36,39H,20-22H2,(H,45,46)(H,47,48)(H,49,50)(H,40,41,43)/p-3/t31-,36?,39+/m0/s1. The lowest BCUT2D eigenvalue weighted by atomic mass is 9.94. The molecule has 2 aromatic heterocycles. The van der Waals surface area contributed by atoms with Crippen LogP contribution in [0, 0.1) is 0 Å². The van der Waals surface area contributed by atoms with Gasteiger partial charge in [-0.05, 0) is 57.3 Å². The average molecular weight is 919 g/mol. The van der Waals surface area contributed by atoms with Crippen LogP contribution in [-0.2, 0) is 45.9 Å². The molecular formula is C39H31N5O14P3S-3. The van der Waals surface area contributed by atoms with Gasteiger partial charge in [0.15, 0.2) is 39.2 Å². The number of sulfone groups is 1. The second-order valence-electron chi connectivity index (χ2n) is 13.9. The first kappa shape index (κ1) is 42.1. The lowest BCUT2D eigenvalue weighted by molar-refractivity contribution is -0.252. The molecule has 23 heteroatoms. The van der Waals surface area contributed by atoms with Gasteiger partial charge in [-0.1, -0.05) is 84.9 Å². The largest absolute Gasteiger partial charge is 0.756 e. The number of hydrogen-bond acceptors (Lipinski definition) is 18. The van der Waals surface area contributed by atoms with Crippen LogP contribution in [0.15, 0.2) is 133 Å². The Kier molecular flexibility index (Phi) is 11.2. The first-order valence-electron chi connectivity index (χ1n) is 18.6. The SMILES string of the molecule is O=P([O-])(OCCS(=O)(=O)c1ccc2ccc3cccc4ccc1c2c34)OP(=O)([O-])OP(=O)([O-])O[C@H]1CO[C@@H](n2cnc3c(Nc4ccccc4)ncnc32)C1Oc1ccccc1. The van der Waals surface area contributed by atoms with Crippen LogP contribution in [0.2, 0.25) is 0 Å². The predicted molar refractivity (Wildman–Crippen MR) is 219 cm³/mol. The second kappa shape index (κ2) is 16.5. The van der Waals surface area contributed by atoms with Crippen LogP contribution >= 0.6 is 23.5 Å². The molecule has 1 aliphatic rings. The number of nitrogens with one attached hydrogen (secondary N) is 1. The van der Waals surface area contributed by atoms with E-state index in [1.165, 1.54) is 23.3 Å². The Labute approximate surface area is 351 Å². The molecule has 1 aliphatic heterocycles. The number of rotatable bonds is 16. The van der Waals surface area contributed by atoms with Crippen LogP contribution in [0.4, 0.5) is 11.5 Å². The van der Waals surface area contributed by atoms with Gasteiger partial charge in [-0.25, -0.2) is 32.0 Å².